The van der Waals surface area contributed by atoms with Gasteiger partial charge in [-0.25, -0.2) is 13.1 Å². The van der Waals surface area contributed by atoms with Crippen molar-refractivity contribution in [3.05, 3.63) is 29.3 Å². The van der Waals surface area contributed by atoms with E-state index in [4.69, 9.17) is 0 Å². The minimum Gasteiger partial charge on any atom is -0.355 e. The van der Waals surface area contributed by atoms with Gasteiger partial charge in [-0.15, -0.1) is 0 Å². The molecule has 0 fully saturated rings. The molecule has 1 rings (SSSR count). The molecule has 6 nitrogen and oxygen atoms in total. The third kappa shape index (κ3) is 5.95. The number of carbonyl (C=O) groups excluding carboxylic acids is 2. The van der Waals surface area contributed by atoms with Gasteiger partial charge < -0.3 is 10.1 Å². The van der Waals surface area contributed by atoms with Gasteiger partial charge >= 0.3 is 0 Å². The van der Waals surface area contributed by atoms with Crippen molar-refractivity contribution in [1.82, 2.24) is 10.0 Å². The molecule has 22 heavy (non-hydrogen) atoms. The standard InChI is InChI=1S/C15H22N2O4S/c1-11-4-6-14(10-12(11)2)22(20,21)17-9-8-16-15(19)7-5-13(3)18/h4,6,10,17H,5,7-9H2,1-3H3,(H,16,19). The third-order valence-corrected chi connectivity index (χ3v) is 4.69. The lowest BCUT2D eigenvalue weighted by molar-refractivity contribution is -0.124. The van der Waals surface area contributed by atoms with Gasteiger partial charge in [-0.1, -0.05) is 6.07 Å². The van der Waals surface area contributed by atoms with E-state index < -0.39 is 10.0 Å². The van der Waals surface area contributed by atoms with Crippen molar-refractivity contribution in [2.24, 2.45) is 0 Å². The first-order valence-corrected chi connectivity index (χ1v) is 8.54. The molecule has 0 heterocycles. The number of aryl methyl sites for hydroxylation is 2. The van der Waals surface area contributed by atoms with Crippen molar-refractivity contribution < 1.29 is 18.0 Å². The molecule has 1 aromatic carbocycles. The minimum absolute atomic E-state index is 0.0504. The largest absolute Gasteiger partial charge is 0.355 e. The number of nitrogens with one attached hydrogen (secondary N) is 2. The number of rotatable bonds is 8. The summed E-state index contributed by atoms with van der Waals surface area (Å²) in [6.45, 7) is 5.46. The summed E-state index contributed by atoms with van der Waals surface area (Å²) in [5, 5.41) is 2.56. The van der Waals surface area contributed by atoms with E-state index in [0.717, 1.165) is 11.1 Å². The number of hydrogen-bond donors (Lipinski definition) is 2. The van der Waals surface area contributed by atoms with Gasteiger partial charge in [0.1, 0.15) is 5.78 Å². The highest BCUT2D eigenvalue weighted by Gasteiger charge is 2.14. The van der Waals surface area contributed by atoms with E-state index in [9.17, 15) is 18.0 Å². The molecule has 1 aromatic rings. The maximum Gasteiger partial charge on any atom is 0.240 e. The first-order chi connectivity index (χ1) is 10.2. The lowest BCUT2D eigenvalue weighted by atomic mass is 10.1. The summed E-state index contributed by atoms with van der Waals surface area (Å²) in [4.78, 5) is 22.3. The predicted octanol–water partition coefficient (Wildman–Crippen LogP) is 1.07. The number of ketones is 1. The predicted molar refractivity (Wildman–Crippen MR) is 84.0 cm³/mol. The molecule has 0 saturated heterocycles. The topological polar surface area (TPSA) is 92.3 Å². The van der Waals surface area contributed by atoms with Gasteiger partial charge in [0.25, 0.3) is 0 Å². The fourth-order valence-corrected chi connectivity index (χ4v) is 2.85. The number of amides is 1. The quantitative estimate of drug-likeness (QED) is 0.699. The van der Waals surface area contributed by atoms with Crippen LogP contribution in [0.25, 0.3) is 0 Å². The number of sulfonamides is 1. The summed E-state index contributed by atoms with van der Waals surface area (Å²) in [5.41, 5.74) is 1.93. The molecule has 122 valence electrons. The molecular formula is C15H22N2O4S. The molecule has 0 unspecified atom stereocenters. The van der Waals surface area contributed by atoms with E-state index >= 15 is 0 Å². The van der Waals surface area contributed by atoms with Crippen molar-refractivity contribution in [2.45, 2.75) is 38.5 Å². The Morgan fingerprint density at radius 1 is 1.05 bits per heavy atom. The molecular weight excluding hydrogens is 304 g/mol. The van der Waals surface area contributed by atoms with Crippen LogP contribution in [0, 0.1) is 13.8 Å². The molecule has 2 N–H and O–H groups in total. The third-order valence-electron chi connectivity index (χ3n) is 3.23. The monoisotopic (exact) mass is 326 g/mol. The summed E-state index contributed by atoms with van der Waals surface area (Å²) < 4.78 is 26.6. The highest BCUT2D eigenvalue weighted by atomic mass is 32.2. The maximum atomic E-state index is 12.1. The molecule has 7 heteroatoms. The normalized spacial score (nSPS) is 11.2. The van der Waals surface area contributed by atoms with Crippen LogP contribution >= 0.6 is 0 Å². The summed E-state index contributed by atoms with van der Waals surface area (Å²) in [6.07, 6.45) is 0.319. The van der Waals surface area contributed by atoms with E-state index in [1.54, 1.807) is 18.2 Å². The zero-order valence-corrected chi connectivity index (χ0v) is 13.9. The number of Topliss-reactive ketones (excluding diaryl/α,β-unsaturated/α-hetero) is 1. The van der Waals surface area contributed by atoms with Crippen molar-refractivity contribution in [2.75, 3.05) is 13.1 Å². The van der Waals surface area contributed by atoms with Gasteiger partial charge in [0.15, 0.2) is 0 Å². The van der Waals surface area contributed by atoms with Crippen LogP contribution in [0.2, 0.25) is 0 Å². The molecule has 1 amide bonds. The van der Waals surface area contributed by atoms with Crippen LogP contribution in [0.15, 0.2) is 23.1 Å². The zero-order chi connectivity index (χ0) is 16.8. The van der Waals surface area contributed by atoms with Crippen molar-refractivity contribution in [1.29, 1.82) is 0 Å². The fourth-order valence-electron chi connectivity index (χ4n) is 1.73. The van der Waals surface area contributed by atoms with E-state index in [2.05, 4.69) is 10.0 Å². The van der Waals surface area contributed by atoms with E-state index in [1.807, 2.05) is 13.8 Å². The molecule has 0 saturated carbocycles. The molecule has 0 spiro atoms. The number of carbonyl (C=O) groups is 2. The lowest BCUT2D eigenvalue weighted by Gasteiger charge is -2.09. The average Bonchev–Trinajstić information content (AvgIpc) is 2.44. The van der Waals surface area contributed by atoms with Gasteiger partial charge in [0, 0.05) is 25.9 Å². The molecule has 0 aliphatic rings. The second-order valence-corrected chi connectivity index (χ2v) is 6.96. The molecule has 0 aromatic heterocycles. The summed E-state index contributed by atoms with van der Waals surface area (Å²) in [5.74, 6) is -0.314. The van der Waals surface area contributed by atoms with Crippen LogP contribution in [0.3, 0.4) is 0 Å². The number of benzene rings is 1. The molecule has 0 radical (unpaired) electrons. The fraction of sp³-hybridized carbons (Fsp3) is 0.467. The van der Waals surface area contributed by atoms with Gasteiger partial charge in [-0.05, 0) is 44.0 Å². The Morgan fingerprint density at radius 3 is 2.32 bits per heavy atom. The molecule has 0 aliphatic carbocycles. The van der Waals surface area contributed by atoms with Crippen molar-refractivity contribution in [3.8, 4) is 0 Å². The van der Waals surface area contributed by atoms with Crippen molar-refractivity contribution >= 4 is 21.7 Å². The van der Waals surface area contributed by atoms with Gasteiger partial charge in [0.05, 0.1) is 4.90 Å². The highest BCUT2D eigenvalue weighted by molar-refractivity contribution is 7.89. The highest BCUT2D eigenvalue weighted by Crippen LogP contribution is 2.14. The molecule has 0 bridgehead atoms. The lowest BCUT2D eigenvalue weighted by Crippen LogP contribution is -2.34. The van der Waals surface area contributed by atoms with Gasteiger partial charge in [-0.2, -0.15) is 0 Å². The second kappa shape index (κ2) is 8.05. The minimum atomic E-state index is -3.58. The van der Waals surface area contributed by atoms with E-state index in [0.29, 0.717) is 0 Å². The van der Waals surface area contributed by atoms with Gasteiger partial charge in [-0.3, -0.25) is 4.79 Å². The van der Waals surface area contributed by atoms with Crippen LogP contribution in [-0.4, -0.2) is 33.2 Å². The summed E-state index contributed by atoms with van der Waals surface area (Å²) in [6, 6.07) is 4.92. The first-order valence-electron chi connectivity index (χ1n) is 7.05. The average molecular weight is 326 g/mol. The van der Waals surface area contributed by atoms with E-state index in [-0.39, 0.29) is 42.5 Å². The zero-order valence-electron chi connectivity index (χ0n) is 13.1. The van der Waals surface area contributed by atoms with Gasteiger partial charge in [0.2, 0.25) is 15.9 Å². The Kier molecular flexibility index (Phi) is 6.70. The van der Waals surface area contributed by atoms with Crippen LogP contribution in [0.4, 0.5) is 0 Å². The maximum absolute atomic E-state index is 12.1. The summed E-state index contributed by atoms with van der Waals surface area (Å²) in [7, 11) is -3.58. The Hall–Kier alpha value is -1.73. The molecule has 0 atom stereocenters. The Morgan fingerprint density at radius 2 is 1.73 bits per heavy atom. The number of hydrogen-bond acceptors (Lipinski definition) is 4. The Bertz CT molecular complexity index is 654. The smallest absolute Gasteiger partial charge is 0.240 e. The second-order valence-electron chi connectivity index (χ2n) is 5.20. The Balaban J connectivity index is 2.44. The van der Waals surface area contributed by atoms with Crippen LogP contribution in [0.1, 0.15) is 30.9 Å². The molecule has 0 aliphatic heterocycles. The SMILES string of the molecule is CC(=O)CCC(=O)NCCNS(=O)(=O)c1ccc(C)c(C)c1. The van der Waals surface area contributed by atoms with Crippen LogP contribution in [-0.2, 0) is 19.6 Å². The van der Waals surface area contributed by atoms with Crippen molar-refractivity contribution in [3.63, 3.8) is 0 Å². The summed E-state index contributed by atoms with van der Waals surface area (Å²) >= 11 is 0. The Labute approximate surface area is 131 Å². The first kappa shape index (κ1) is 18.3. The van der Waals surface area contributed by atoms with Crippen LogP contribution in [0.5, 0.6) is 0 Å². The van der Waals surface area contributed by atoms with Crippen LogP contribution < -0.4 is 10.0 Å². The van der Waals surface area contributed by atoms with E-state index in [1.165, 1.54) is 6.92 Å².